The average Bonchev–Trinajstić information content (AvgIpc) is 2.24. The van der Waals surface area contributed by atoms with E-state index in [-0.39, 0.29) is 5.82 Å². The molecular weight excluding hydrogens is 193 g/mol. The molecule has 1 heterocycles. The molecule has 15 heavy (non-hydrogen) atoms. The first-order valence-corrected chi connectivity index (χ1v) is 5.32. The Kier molecular flexibility index (Phi) is 3.06. The number of nitrogens with two attached hydrogens (primary N) is 1. The molecule has 0 saturated carbocycles. The average molecular weight is 209 g/mol. The van der Waals surface area contributed by atoms with Gasteiger partial charge in [0.15, 0.2) is 0 Å². The van der Waals surface area contributed by atoms with E-state index in [1.54, 1.807) is 6.07 Å². The fourth-order valence-electron chi connectivity index (χ4n) is 1.81. The Morgan fingerprint density at radius 2 is 1.93 bits per heavy atom. The first kappa shape index (κ1) is 10.2. The number of halogens is 1. The van der Waals surface area contributed by atoms with Gasteiger partial charge in [-0.2, -0.15) is 0 Å². The van der Waals surface area contributed by atoms with Crippen LogP contribution in [0.3, 0.4) is 0 Å². The summed E-state index contributed by atoms with van der Waals surface area (Å²) in [5, 5.41) is 2.13. The maximum absolute atomic E-state index is 12.8. The van der Waals surface area contributed by atoms with E-state index in [1.807, 2.05) is 0 Å². The van der Waals surface area contributed by atoms with Crippen LogP contribution in [0.2, 0.25) is 0 Å². The van der Waals surface area contributed by atoms with Crippen LogP contribution in [-0.2, 0) is 0 Å². The lowest BCUT2D eigenvalue weighted by Gasteiger charge is -2.28. The lowest BCUT2D eigenvalue weighted by Crippen LogP contribution is -2.35. The van der Waals surface area contributed by atoms with Crippen LogP contribution in [0.15, 0.2) is 18.2 Å². The molecule has 0 spiro atoms. The molecule has 1 aliphatic rings. The van der Waals surface area contributed by atoms with Gasteiger partial charge in [0.2, 0.25) is 0 Å². The lowest BCUT2D eigenvalue weighted by atomic mass is 10.2. The van der Waals surface area contributed by atoms with Gasteiger partial charge in [-0.15, -0.1) is 0 Å². The molecule has 0 bridgehead atoms. The number of anilines is 2. The van der Waals surface area contributed by atoms with Gasteiger partial charge < -0.3 is 11.2 Å². The van der Waals surface area contributed by atoms with E-state index in [0.717, 1.165) is 18.8 Å². The molecule has 82 valence electrons. The first-order chi connectivity index (χ1) is 7.25. The van der Waals surface area contributed by atoms with Crippen LogP contribution < -0.4 is 11.2 Å². The zero-order chi connectivity index (χ0) is 10.7. The van der Waals surface area contributed by atoms with Crippen LogP contribution in [0.25, 0.3) is 0 Å². The fraction of sp³-hybridized carbons (Fsp3) is 0.455. The standard InChI is InChI=1S/C11H16FN3/c12-9-4-5-11(10(13)8-9)14-15-6-2-1-3-7-15/h4-5,8,14H,1-3,6-7,13H2. The molecule has 3 N–H and O–H groups in total. The van der Waals surface area contributed by atoms with Crippen LogP contribution in [0.1, 0.15) is 19.3 Å². The van der Waals surface area contributed by atoms with Crippen molar-refractivity contribution in [3.05, 3.63) is 24.0 Å². The summed E-state index contributed by atoms with van der Waals surface area (Å²) in [5.41, 5.74) is 10.2. The summed E-state index contributed by atoms with van der Waals surface area (Å²) in [6.07, 6.45) is 3.69. The summed E-state index contributed by atoms with van der Waals surface area (Å²) in [6.45, 7) is 2.05. The Morgan fingerprint density at radius 3 is 2.60 bits per heavy atom. The number of hydrazine groups is 1. The second kappa shape index (κ2) is 4.49. The molecule has 3 nitrogen and oxygen atoms in total. The molecule has 4 heteroatoms. The summed E-state index contributed by atoms with van der Waals surface area (Å²) in [5.74, 6) is -0.295. The second-order valence-corrected chi connectivity index (χ2v) is 3.89. The highest BCUT2D eigenvalue weighted by Gasteiger charge is 2.10. The van der Waals surface area contributed by atoms with E-state index in [4.69, 9.17) is 5.73 Å². The minimum absolute atomic E-state index is 0.295. The number of hydrogen-bond donors (Lipinski definition) is 2. The molecule has 0 atom stereocenters. The predicted octanol–water partition coefficient (Wildman–Crippen LogP) is 2.22. The Balaban J connectivity index is 2.03. The lowest BCUT2D eigenvalue weighted by molar-refractivity contribution is 0.273. The topological polar surface area (TPSA) is 41.3 Å². The predicted molar refractivity (Wildman–Crippen MR) is 59.9 cm³/mol. The molecule has 1 aromatic rings. The van der Waals surface area contributed by atoms with Crippen LogP contribution in [0.4, 0.5) is 15.8 Å². The molecule has 1 saturated heterocycles. The Bertz CT molecular complexity index is 335. The zero-order valence-electron chi connectivity index (χ0n) is 8.67. The van der Waals surface area contributed by atoms with E-state index in [2.05, 4.69) is 10.4 Å². The molecule has 0 amide bonds. The molecule has 2 rings (SSSR count). The molecule has 0 aliphatic carbocycles. The van der Waals surface area contributed by atoms with Gasteiger partial charge in [0.25, 0.3) is 0 Å². The number of nitrogen functional groups attached to an aromatic ring is 1. The summed E-state index contributed by atoms with van der Waals surface area (Å²) >= 11 is 0. The molecule has 1 aromatic carbocycles. The summed E-state index contributed by atoms with van der Waals surface area (Å²) < 4.78 is 12.8. The van der Waals surface area contributed by atoms with Gasteiger partial charge in [0.05, 0.1) is 11.4 Å². The minimum Gasteiger partial charge on any atom is -0.397 e. The van der Waals surface area contributed by atoms with Crippen molar-refractivity contribution in [1.29, 1.82) is 0 Å². The molecular formula is C11H16FN3. The van der Waals surface area contributed by atoms with Gasteiger partial charge >= 0.3 is 0 Å². The van der Waals surface area contributed by atoms with Crippen molar-refractivity contribution in [1.82, 2.24) is 5.01 Å². The molecule has 0 aromatic heterocycles. The van der Waals surface area contributed by atoms with Crippen LogP contribution in [0.5, 0.6) is 0 Å². The van der Waals surface area contributed by atoms with Gasteiger partial charge in [0, 0.05) is 13.1 Å². The Labute approximate surface area is 89.0 Å². The van der Waals surface area contributed by atoms with Crippen molar-refractivity contribution in [2.24, 2.45) is 0 Å². The third kappa shape index (κ3) is 2.59. The molecule has 1 fully saturated rings. The molecule has 0 unspecified atom stereocenters. The summed E-state index contributed by atoms with van der Waals surface area (Å²) in [4.78, 5) is 0. The number of rotatable bonds is 2. The molecule has 1 aliphatic heterocycles. The third-order valence-electron chi connectivity index (χ3n) is 2.65. The van der Waals surface area contributed by atoms with Gasteiger partial charge in [-0.3, -0.25) is 0 Å². The number of hydrogen-bond acceptors (Lipinski definition) is 3. The minimum atomic E-state index is -0.295. The van der Waals surface area contributed by atoms with Crippen LogP contribution in [-0.4, -0.2) is 18.1 Å². The van der Waals surface area contributed by atoms with E-state index < -0.39 is 0 Å². The smallest absolute Gasteiger partial charge is 0.125 e. The van der Waals surface area contributed by atoms with E-state index in [0.29, 0.717) is 5.69 Å². The number of nitrogens with zero attached hydrogens (tertiary/aromatic N) is 1. The SMILES string of the molecule is Nc1cc(F)ccc1NN1CCCCC1. The van der Waals surface area contributed by atoms with Crippen molar-refractivity contribution >= 4 is 11.4 Å². The largest absolute Gasteiger partial charge is 0.397 e. The molecule has 0 radical (unpaired) electrons. The monoisotopic (exact) mass is 209 g/mol. The highest BCUT2D eigenvalue weighted by molar-refractivity contribution is 5.65. The maximum atomic E-state index is 12.8. The quantitative estimate of drug-likeness (QED) is 0.734. The fourth-order valence-corrected chi connectivity index (χ4v) is 1.81. The van der Waals surface area contributed by atoms with Gasteiger partial charge in [-0.05, 0) is 31.0 Å². The van der Waals surface area contributed by atoms with E-state index in [9.17, 15) is 4.39 Å². The van der Waals surface area contributed by atoms with Crippen molar-refractivity contribution in [3.63, 3.8) is 0 Å². The van der Waals surface area contributed by atoms with E-state index >= 15 is 0 Å². The maximum Gasteiger partial charge on any atom is 0.125 e. The van der Waals surface area contributed by atoms with E-state index in [1.165, 1.54) is 31.4 Å². The van der Waals surface area contributed by atoms with Crippen LogP contribution in [0, 0.1) is 5.82 Å². The van der Waals surface area contributed by atoms with Crippen molar-refractivity contribution in [3.8, 4) is 0 Å². The number of benzene rings is 1. The van der Waals surface area contributed by atoms with Crippen molar-refractivity contribution in [2.45, 2.75) is 19.3 Å². The van der Waals surface area contributed by atoms with Crippen molar-refractivity contribution < 1.29 is 4.39 Å². The Hall–Kier alpha value is -1.29. The van der Waals surface area contributed by atoms with Crippen LogP contribution >= 0.6 is 0 Å². The van der Waals surface area contributed by atoms with Crippen molar-refractivity contribution in [2.75, 3.05) is 24.2 Å². The third-order valence-corrected chi connectivity index (χ3v) is 2.65. The normalized spacial score (nSPS) is 17.7. The Morgan fingerprint density at radius 1 is 1.20 bits per heavy atom. The second-order valence-electron chi connectivity index (χ2n) is 3.89. The zero-order valence-corrected chi connectivity index (χ0v) is 8.67. The van der Waals surface area contributed by atoms with Gasteiger partial charge in [-0.25, -0.2) is 9.40 Å². The number of piperidine rings is 1. The highest BCUT2D eigenvalue weighted by atomic mass is 19.1. The summed E-state index contributed by atoms with van der Waals surface area (Å²) in [6, 6.07) is 4.44. The van der Waals surface area contributed by atoms with Gasteiger partial charge in [0.1, 0.15) is 5.82 Å². The number of nitrogens with one attached hydrogen (secondary N) is 1. The highest BCUT2D eigenvalue weighted by Crippen LogP contribution is 2.21. The first-order valence-electron chi connectivity index (χ1n) is 5.32. The summed E-state index contributed by atoms with van der Waals surface area (Å²) in [7, 11) is 0. The van der Waals surface area contributed by atoms with Gasteiger partial charge in [-0.1, -0.05) is 6.42 Å².